The maximum atomic E-state index is 13.1. The number of aryl methyl sites for hydroxylation is 1. The minimum Gasteiger partial charge on any atom is -0.318 e. The molecule has 0 spiro atoms. The zero-order valence-electron chi connectivity index (χ0n) is 9.31. The first-order valence-electron chi connectivity index (χ1n) is 5.72. The molecule has 0 aromatic carbocycles. The molecule has 4 heteroatoms. The quantitative estimate of drug-likeness (QED) is 0.736. The van der Waals surface area contributed by atoms with Crippen LogP contribution in [0.2, 0.25) is 0 Å². The predicted molar refractivity (Wildman–Crippen MR) is 61.2 cm³/mol. The highest BCUT2D eigenvalue weighted by atomic mass is 31.2. The molecule has 2 fully saturated rings. The molecule has 0 radical (unpaired) electrons. The molecule has 1 aromatic heterocycles. The van der Waals surface area contributed by atoms with Gasteiger partial charge in [-0.05, 0) is 32.6 Å². The standard InChI is InChI=1S/C11H17N2OP/c1-8-11(7-12-13(8)2)15(14,9-3-4-9)10-5-6-10/h7,9-10H,3-6H2,1-2H3. The molecule has 15 heavy (non-hydrogen) atoms. The number of rotatable bonds is 3. The van der Waals surface area contributed by atoms with Crippen LogP contribution in [-0.2, 0) is 11.6 Å². The van der Waals surface area contributed by atoms with Crippen LogP contribution in [0, 0.1) is 6.92 Å². The van der Waals surface area contributed by atoms with Gasteiger partial charge in [-0.15, -0.1) is 0 Å². The van der Waals surface area contributed by atoms with Crippen molar-refractivity contribution in [3.8, 4) is 0 Å². The summed E-state index contributed by atoms with van der Waals surface area (Å²) in [5.41, 5.74) is 2.10. The molecule has 0 unspecified atom stereocenters. The lowest BCUT2D eigenvalue weighted by atomic mass is 10.5. The maximum absolute atomic E-state index is 13.1. The Balaban J connectivity index is 2.09. The normalized spacial score (nSPS) is 22.0. The largest absolute Gasteiger partial charge is 0.318 e. The van der Waals surface area contributed by atoms with E-state index in [-0.39, 0.29) is 0 Å². The van der Waals surface area contributed by atoms with Crippen molar-refractivity contribution in [3.63, 3.8) is 0 Å². The van der Waals surface area contributed by atoms with Gasteiger partial charge in [-0.2, -0.15) is 5.10 Å². The van der Waals surface area contributed by atoms with E-state index in [1.54, 1.807) is 0 Å². The van der Waals surface area contributed by atoms with Crippen LogP contribution in [0.4, 0.5) is 0 Å². The van der Waals surface area contributed by atoms with E-state index in [0.717, 1.165) is 11.0 Å². The molecule has 0 aliphatic heterocycles. The van der Waals surface area contributed by atoms with Crippen LogP contribution in [0.1, 0.15) is 31.4 Å². The van der Waals surface area contributed by atoms with E-state index in [4.69, 9.17) is 0 Å². The van der Waals surface area contributed by atoms with Crippen molar-refractivity contribution >= 4 is 12.4 Å². The second-order valence-electron chi connectivity index (χ2n) is 4.91. The molecule has 2 aliphatic rings. The molecule has 0 amide bonds. The second kappa shape index (κ2) is 2.98. The zero-order valence-corrected chi connectivity index (χ0v) is 10.2. The molecule has 0 atom stereocenters. The third-order valence-electron chi connectivity index (χ3n) is 3.76. The highest BCUT2D eigenvalue weighted by Gasteiger charge is 2.52. The first kappa shape index (κ1) is 9.65. The third kappa shape index (κ3) is 1.32. The number of aromatic nitrogens is 2. The van der Waals surface area contributed by atoms with Gasteiger partial charge >= 0.3 is 0 Å². The van der Waals surface area contributed by atoms with Gasteiger partial charge in [0, 0.05) is 24.1 Å². The molecule has 0 saturated heterocycles. The van der Waals surface area contributed by atoms with Gasteiger partial charge in [0.15, 0.2) is 0 Å². The van der Waals surface area contributed by atoms with Crippen molar-refractivity contribution in [1.82, 2.24) is 9.78 Å². The van der Waals surface area contributed by atoms with Crippen LogP contribution in [-0.4, -0.2) is 21.1 Å². The van der Waals surface area contributed by atoms with Crippen LogP contribution in [0.3, 0.4) is 0 Å². The summed E-state index contributed by atoms with van der Waals surface area (Å²) < 4.78 is 15.0. The molecule has 2 saturated carbocycles. The molecule has 1 heterocycles. The Morgan fingerprint density at radius 1 is 1.33 bits per heavy atom. The molecular formula is C11H17N2OP. The van der Waals surface area contributed by atoms with Crippen LogP contribution < -0.4 is 5.30 Å². The van der Waals surface area contributed by atoms with E-state index in [0.29, 0.717) is 11.3 Å². The molecular weight excluding hydrogens is 207 g/mol. The monoisotopic (exact) mass is 224 g/mol. The minimum atomic E-state index is -2.09. The highest BCUT2D eigenvalue weighted by molar-refractivity contribution is 7.73. The zero-order chi connectivity index (χ0) is 10.6. The average molecular weight is 224 g/mol. The topological polar surface area (TPSA) is 34.9 Å². The van der Waals surface area contributed by atoms with Gasteiger partial charge in [0.2, 0.25) is 0 Å². The van der Waals surface area contributed by atoms with E-state index < -0.39 is 7.14 Å². The van der Waals surface area contributed by atoms with Crippen molar-refractivity contribution < 1.29 is 4.57 Å². The summed E-state index contributed by atoms with van der Waals surface area (Å²) in [4.78, 5) is 0. The molecule has 2 aliphatic carbocycles. The van der Waals surface area contributed by atoms with Crippen molar-refractivity contribution in [3.05, 3.63) is 11.9 Å². The fraction of sp³-hybridized carbons (Fsp3) is 0.727. The number of nitrogens with zero attached hydrogens (tertiary/aromatic N) is 2. The van der Waals surface area contributed by atoms with Crippen molar-refractivity contribution in [2.45, 2.75) is 43.9 Å². The van der Waals surface area contributed by atoms with Gasteiger partial charge < -0.3 is 4.57 Å². The first-order chi connectivity index (χ1) is 7.14. The molecule has 0 N–H and O–H groups in total. The van der Waals surface area contributed by atoms with Crippen LogP contribution in [0.25, 0.3) is 0 Å². The number of hydrogen-bond acceptors (Lipinski definition) is 2. The molecule has 3 rings (SSSR count). The van der Waals surface area contributed by atoms with Crippen molar-refractivity contribution in [1.29, 1.82) is 0 Å². The number of hydrogen-bond donors (Lipinski definition) is 0. The predicted octanol–water partition coefficient (Wildman–Crippen LogP) is 2.04. The van der Waals surface area contributed by atoms with E-state index in [9.17, 15) is 4.57 Å². The molecule has 1 aromatic rings. The lowest BCUT2D eigenvalue weighted by molar-refractivity contribution is 0.579. The third-order valence-corrected chi connectivity index (χ3v) is 8.16. The Hall–Kier alpha value is -0.560. The Labute approximate surface area is 90.2 Å². The fourth-order valence-electron chi connectivity index (χ4n) is 2.44. The van der Waals surface area contributed by atoms with Gasteiger partial charge in [-0.3, -0.25) is 4.68 Å². The summed E-state index contributed by atoms with van der Waals surface area (Å²) in [6, 6.07) is 0. The van der Waals surface area contributed by atoms with Crippen molar-refractivity contribution in [2.75, 3.05) is 0 Å². The van der Waals surface area contributed by atoms with Crippen LogP contribution in [0.5, 0.6) is 0 Å². The Bertz CT molecular complexity index is 427. The van der Waals surface area contributed by atoms with Gasteiger partial charge in [0.05, 0.1) is 11.5 Å². The van der Waals surface area contributed by atoms with Gasteiger partial charge in [-0.1, -0.05) is 0 Å². The van der Waals surface area contributed by atoms with E-state index >= 15 is 0 Å². The SMILES string of the molecule is Cc1c(P(=O)(C2CC2)C2CC2)cnn1C. The molecule has 0 bridgehead atoms. The van der Waals surface area contributed by atoms with Gasteiger partial charge in [0.25, 0.3) is 0 Å². The second-order valence-corrected chi connectivity index (χ2v) is 8.27. The summed E-state index contributed by atoms with van der Waals surface area (Å²) in [6.07, 6.45) is 6.53. The van der Waals surface area contributed by atoms with E-state index in [1.807, 2.05) is 24.9 Å². The molecule has 82 valence electrons. The highest BCUT2D eigenvalue weighted by Crippen LogP contribution is 2.69. The summed E-state index contributed by atoms with van der Waals surface area (Å²) in [5, 5.41) is 5.33. The fourth-order valence-corrected chi connectivity index (χ4v) is 6.54. The first-order valence-corrected chi connectivity index (χ1v) is 7.57. The summed E-state index contributed by atoms with van der Waals surface area (Å²) in [6.45, 7) is 2.04. The van der Waals surface area contributed by atoms with Crippen LogP contribution in [0.15, 0.2) is 6.20 Å². The van der Waals surface area contributed by atoms with E-state index in [1.165, 1.54) is 25.7 Å². The van der Waals surface area contributed by atoms with Crippen LogP contribution >= 0.6 is 7.14 Å². The maximum Gasteiger partial charge on any atom is 0.124 e. The smallest absolute Gasteiger partial charge is 0.124 e. The molecule has 3 nitrogen and oxygen atoms in total. The van der Waals surface area contributed by atoms with E-state index in [2.05, 4.69) is 5.10 Å². The Morgan fingerprint density at radius 2 is 1.87 bits per heavy atom. The van der Waals surface area contributed by atoms with Crippen molar-refractivity contribution in [2.24, 2.45) is 7.05 Å². The average Bonchev–Trinajstić information content (AvgIpc) is 3.07. The Kier molecular flexibility index (Phi) is 1.91. The van der Waals surface area contributed by atoms with Gasteiger partial charge in [0.1, 0.15) is 7.14 Å². The summed E-state index contributed by atoms with van der Waals surface area (Å²) >= 11 is 0. The Morgan fingerprint density at radius 3 is 2.20 bits per heavy atom. The minimum absolute atomic E-state index is 0.493. The van der Waals surface area contributed by atoms with Gasteiger partial charge in [-0.25, -0.2) is 0 Å². The summed E-state index contributed by atoms with van der Waals surface area (Å²) in [5.74, 6) is 0. The lowest BCUT2D eigenvalue weighted by Crippen LogP contribution is -2.14. The summed E-state index contributed by atoms with van der Waals surface area (Å²) in [7, 11) is -0.160. The lowest BCUT2D eigenvalue weighted by Gasteiger charge is -2.16.